The van der Waals surface area contributed by atoms with Gasteiger partial charge in [-0.1, -0.05) is 0 Å². The average Bonchev–Trinajstić information content (AvgIpc) is 2.17. The Morgan fingerprint density at radius 1 is 1.67 bits per heavy atom. The summed E-state index contributed by atoms with van der Waals surface area (Å²) in [5, 5.41) is 0. The van der Waals surface area contributed by atoms with Gasteiger partial charge in [-0.2, -0.15) is 0 Å². The average molecular weight is 216 g/mol. The summed E-state index contributed by atoms with van der Waals surface area (Å²) < 4.78 is 18.1. The Kier molecular flexibility index (Phi) is 3.37. The van der Waals surface area contributed by atoms with Crippen LogP contribution in [0, 0.1) is 0 Å². The molecule has 1 aromatic rings. The highest BCUT2D eigenvalue weighted by atomic mass is 19.1. The van der Waals surface area contributed by atoms with Crippen LogP contribution in [0.2, 0.25) is 0 Å². The van der Waals surface area contributed by atoms with Crippen molar-refractivity contribution >= 4 is 5.97 Å². The van der Waals surface area contributed by atoms with Gasteiger partial charge in [0.05, 0.1) is 6.61 Å². The van der Waals surface area contributed by atoms with Gasteiger partial charge in [-0.25, -0.2) is 14.0 Å². The molecule has 0 aliphatic rings. The third-order valence-corrected chi connectivity index (χ3v) is 1.58. The maximum atomic E-state index is 13.3. The normalized spacial score (nSPS) is 12.1. The monoisotopic (exact) mass is 216 g/mol. The minimum absolute atomic E-state index is 0.0113. The van der Waals surface area contributed by atoms with Gasteiger partial charge in [-0.05, 0) is 6.92 Å². The van der Waals surface area contributed by atoms with Crippen molar-refractivity contribution in [2.45, 2.75) is 13.2 Å². The second-order valence-electron chi connectivity index (χ2n) is 2.61. The molecule has 0 bridgehead atoms. The van der Waals surface area contributed by atoms with Crippen molar-refractivity contribution in [1.29, 1.82) is 0 Å². The van der Waals surface area contributed by atoms with E-state index in [1.165, 1.54) is 6.92 Å². The number of carbonyl (C=O) groups excluding carboxylic acids is 1. The number of halogens is 1. The van der Waals surface area contributed by atoms with E-state index in [2.05, 4.69) is 4.74 Å². The molecule has 1 atom stereocenters. The van der Waals surface area contributed by atoms with Gasteiger partial charge in [-0.15, -0.1) is 0 Å². The minimum Gasteiger partial charge on any atom is -0.462 e. The van der Waals surface area contributed by atoms with E-state index >= 15 is 0 Å². The quantitative estimate of drug-likeness (QED) is 0.695. The van der Waals surface area contributed by atoms with E-state index in [0.29, 0.717) is 4.57 Å². The standard InChI is InChI=1S/C8H9FN2O4/c1-2-15-7(13)6(9)11-4-3-5(12)10-8(11)14/h3-4,6H,2H2,1H3,(H,10,12,14). The van der Waals surface area contributed by atoms with Gasteiger partial charge >= 0.3 is 11.7 Å². The summed E-state index contributed by atoms with van der Waals surface area (Å²) in [5.74, 6) is -1.17. The molecule has 0 spiro atoms. The van der Waals surface area contributed by atoms with Crippen molar-refractivity contribution in [1.82, 2.24) is 9.55 Å². The lowest BCUT2D eigenvalue weighted by molar-refractivity contribution is -0.153. The number of hydrogen-bond acceptors (Lipinski definition) is 4. The highest BCUT2D eigenvalue weighted by molar-refractivity contribution is 5.72. The number of aromatic amines is 1. The Bertz CT molecular complexity index is 464. The van der Waals surface area contributed by atoms with E-state index in [1.54, 1.807) is 0 Å². The molecule has 0 saturated carbocycles. The number of carbonyl (C=O) groups is 1. The summed E-state index contributed by atoms with van der Waals surface area (Å²) in [5.41, 5.74) is -1.66. The summed E-state index contributed by atoms with van der Waals surface area (Å²) in [6, 6.07) is 0.938. The molecular weight excluding hydrogens is 207 g/mol. The fourth-order valence-corrected chi connectivity index (χ4v) is 0.930. The first-order valence-corrected chi connectivity index (χ1v) is 4.18. The molecule has 6 nitrogen and oxygen atoms in total. The van der Waals surface area contributed by atoms with Crippen LogP contribution in [0.3, 0.4) is 0 Å². The minimum atomic E-state index is -2.24. The maximum absolute atomic E-state index is 13.3. The first-order valence-electron chi connectivity index (χ1n) is 4.18. The number of nitrogens with zero attached hydrogens (tertiary/aromatic N) is 1. The number of aromatic nitrogens is 2. The zero-order valence-corrected chi connectivity index (χ0v) is 7.90. The van der Waals surface area contributed by atoms with E-state index in [0.717, 1.165) is 12.3 Å². The lowest BCUT2D eigenvalue weighted by Gasteiger charge is -2.08. The lowest BCUT2D eigenvalue weighted by Crippen LogP contribution is -2.33. The Labute approximate surface area is 83.3 Å². The van der Waals surface area contributed by atoms with Crippen LogP contribution in [-0.2, 0) is 9.53 Å². The molecule has 0 aliphatic heterocycles. The Hall–Kier alpha value is -1.92. The summed E-state index contributed by atoms with van der Waals surface area (Å²) in [7, 11) is 0. The van der Waals surface area contributed by atoms with E-state index in [1.807, 2.05) is 4.98 Å². The topological polar surface area (TPSA) is 81.2 Å². The zero-order valence-electron chi connectivity index (χ0n) is 7.90. The summed E-state index contributed by atoms with van der Waals surface area (Å²) in [4.78, 5) is 34.5. The molecular formula is C8H9FN2O4. The molecule has 1 N–H and O–H groups in total. The van der Waals surface area contributed by atoms with Crippen molar-refractivity contribution in [3.05, 3.63) is 33.1 Å². The van der Waals surface area contributed by atoms with Crippen LogP contribution in [0.1, 0.15) is 13.2 Å². The van der Waals surface area contributed by atoms with E-state index in [4.69, 9.17) is 0 Å². The van der Waals surface area contributed by atoms with Gasteiger partial charge in [-0.3, -0.25) is 14.3 Å². The number of alkyl halides is 1. The second-order valence-corrected chi connectivity index (χ2v) is 2.61. The highest BCUT2D eigenvalue weighted by Gasteiger charge is 2.21. The number of hydrogen-bond donors (Lipinski definition) is 1. The molecule has 0 saturated heterocycles. The van der Waals surface area contributed by atoms with E-state index in [9.17, 15) is 18.8 Å². The summed E-state index contributed by atoms with van der Waals surface area (Å²) in [6.45, 7) is 1.53. The van der Waals surface area contributed by atoms with Crippen LogP contribution in [0.15, 0.2) is 21.9 Å². The molecule has 0 aromatic carbocycles. The number of esters is 1. The van der Waals surface area contributed by atoms with Crippen LogP contribution >= 0.6 is 0 Å². The SMILES string of the molecule is CCOC(=O)C(F)n1ccc(=O)[nH]c1=O. The number of rotatable bonds is 3. The summed E-state index contributed by atoms with van der Waals surface area (Å²) in [6.07, 6.45) is -1.35. The molecule has 0 aliphatic carbocycles. The fourth-order valence-electron chi connectivity index (χ4n) is 0.930. The Morgan fingerprint density at radius 2 is 2.33 bits per heavy atom. The third-order valence-electron chi connectivity index (χ3n) is 1.58. The van der Waals surface area contributed by atoms with Gasteiger partial charge in [0.1, 0.15) is 0 Å². The van der Waals surface area contributed by atoms with Crippen LogP contribution in [0.4, 0.5) is 4.39 Å². The zero-order chi connectivity index (χ0) is 11.4. The van der Waals surface area contributed by atoms with Gasteiger partial charge in [0.2, 0.25) is 0 Å². The Balaban J connectivity index is 3.01. The molecule has 1 heterocycles. The van der Waals surface area contributed by atoms with Crippen LogP contribution < -0.4 is 11.2 Å². The molecule has 0 fully saturated rings. The third kappa shape index (κ3) is 2.52. The van der Waals surface area contributed by atoms with Crippen molar-refractivity contribution in [3.63, 3.8) is 0 Å². The predicted octanol–water partition coefficient (Wildman–Crippen LogP) is -0.432. The predicted molar refractivity (Wildman–Crippen MR) is 48.1 cm³/mol. The van der Waals surface area contributed by atoms with Crippen molar-refractivity contribution in [3.8, 4) is 0 Å². The summed E-state index contributed by atoms with van der Waals surface area (Å²) >= 11 is 0. The molecule has 0 radical (unpaired) electrons. The first kappa shape index (κ1) is 11.2. The highest BCUT2D eigenvalue weighted by Crippen LogP contribution is 2.05. The molecule has 0 amide bonds. The molecule has 7 heteroatoms. The molecule has 1 rings (SSSR count). The fraction of sp³-hybridized carbons (Fsp3) is 0.375. The van der Waals surface area contributed by atoms with Crippen molar-refractivity contribution < 1.29 is 13.9 Å². The molecule has 15 heavy (non-hydrogen) atoms. The van der Waals surface area contributed by atoms with Gasteiger partial charge < -0.3 is 4.74 Å². The van der Waals surface area contributed by atoms with Crippen molar-refractivity contribution in [2.24, 2.45) is 0 Å². The number of H-pyrrole nitrogens is 1. The largest absolute Gasteiger partial charge is 0.462 e. The first-order chi connectivity index (χ1) is 7.06. The van der Waals surface area contributed by atoms with E-state index in [-0.39, 0.29) is 6.61 Å². The number of nitrogens with one attached hydrogen (secondary N) is 1. The second kappa shape index (κ2) is 4.54. The van der Waals surface area contributed by atoms with Gasteiger partial charge in [0.25, 0.3) is 11.9 Å². The molecule has 82 valence electrons. The van der Waals surface area contributed by atoms with Gasteiger partial charge in [0.15, 0.2) is 0 Å². The number of ether oxygens (including phenoxy) is 1. The van der Waals surface area contributed by atoms with Crippen LogP contribution in [0.25, 0.3) is 0 Å². The van der Waals surface area contributed by atoms with Crippen molar-refractivity contribution in [2.75, 3.05) is 6.61 Å². The van der Waals surface area contributed by atoms with Crippen LogP contribution in [-0.4, -0.2) is 22.1 Å². The van der Waals surface area contributed by atoms with E-state index < -0.39 is 23.5 Å². The van der Waals surface area contributed by atoms with Gasteiger partial charge in [0, 0.05) is 12.3 Å². The lowest BCUT2D eigenvalue weighted by atomic mass is 10.5. The Morgan fingerprint density at radius 3 is 2.87 bits per heavy atom. The molecule has 1 unspecified atom stereocenters. The molecule has 1 aromatic heterocycles. The van der Waals surface area contributed by atoms with Crippen LogP contribution in [0.5, 0.6) is 0 Å². The smallest absolute Gasteiger partial charge is 0.362 e. The maximum Gasteiger partial charge on any atom is 0.362 e.